The fourth-order valence-electron chi connectivity index (χ4n) is 4.38. The highest BCUT2D eigenvalue weighted by Gasteiger charge is 2.61. The summed E-state index contributed by atoms with van der Waals surface area (Å²) in [6.45, 7) is 9.45. The van der Waals surface area contributed by atoms with Crippen LogP contribution in [0.2, 0.25) is 0 Å². The molecule has 1 N–H and O–H groups in total. The van der Waals surface area contributed by atoms with Gasteiger partial charge in [-0.15, -0.1) is 0 Å². The van der Waals surface area contributed by atoms with Gasteiger partial charge in [0.1, 0.15) is 0 Å². The van der Waals surface area contributed by atoms with Crippen LogP contribution in [0.5, 0.6) is 0 Å². The summed E-state index contributed by atoms with van der Waals surface area (Å²) in [4.78, 5) is 5.06. The second-order valence-corrected chi connectivity index (χ2v) is 8.61. The van der Waals surface area contributed by atoms with Gasteiger partial charge in [0.25, 0.3) is 0 Å². The van der Waals surface area contributed by atoms with Crippen LogP contribution in [0.25, 0.3) is 0 Å². The number of benzene rings is 1. The number of nitrogens with one attached hydrogen (secondary N) is 1. The Labute approximate surface area is 142 Å². The Morgan fingerprint density at radius 2 is 2.00 bits per heavy atom. The lowest BCUT2D eigenvalue weighted by Crippen LogP contribution is -2.35. The van der Waals surface area contributed by atoms with Crippen molar-refractivity contribution in [3.05, 3.63) is 27.8 Å². The Kier molecular flexibility index (Phi) is 3.83. The first kappa shape index (κ1) is 15.3. The average molecular weight is 396 g/mol. The molecule has 2 nitrogen and oxygen atoms in total. The number of aliphatic imine (C=N–C) groups is 1. The molecule has 0 saturated heterocycles. The van der Waals surface area contributed by atoms with Crippen LogP contribution in [0.4, 0.5) is 5.69 Å². The van der Waals surface area contributed by atoms with Crippen molar-refractivity contribution in [2.24, 2.45) is 21.7 Å². The summed E-state index contributed by atoms with van der Waals surface area (Å²) in [7, 11) is 0. The van der Waals surface area contributed by atoms with E-state index in [-0.39, 0.29) is 0 Å². The van der Waals surface area contributed by atoms with Crippen molar-refractivity contribution in [1.29, 1.82) is 0 Å². The van der Waals surface area contributed by atoms with Crippen LogP contribution in [0, 0.1) is 20.3 Å². The van der Waals surface area contributed by atoms with Crippen molar-refractivity contribution < 1.29 is 0 Å². The normalized spacial score (nSPS) is 34.2. The van der Waals surface area contributed by atoms with Crippen molar-refractivity contribution in [1.82, 2.24) is 0 Å². The van der Waals surface area contributed by atoms with Crippen LogP contribution < -0.4 is 5.32 Å². The minimum atomic E-state index is 0.366. The zero-order valence-corrected chi connectivity index (χ0v) is 15.6. The van der Waals surface area contributed by atoms with Crippen molar-refractivity contribution in [2.75, 3.05) is 5.32 Å². The average Bonchev–Trinajstić information content (AvgIpc) is 2.74. The summed E-state index contributed by atoms with van der Waals surface area (Å²) in [6, 6.07) is 8.85. The van der Waals surface area contributed by atoms with E-state index in [4.69, 9.17) is 4.99 Å². The first-order chi connectivity index (χ1) is 9.84. The minimum absolute atomic E-state index is 0.366. The molecule has 2 fully saturated rings. The maximum atomic E-state index is 5.06. The zero-order chi connectivity index (χ0) is 15.3. The van der Waals surface area contributed by atoms with Crippen molar-refractivity contribution in [3.63, 3.8) is 0 Å². The van der Waals surface area contributed by atoms with E-state index in [0.717, 1.165) is 17.4 Å². The quantitative estimate of drug-likeness (QED) is 0.408. The Bertz CT molecular complexity index is 578. The largest absolute Gasteiger partial charge is 0.343 e. The predicted octanol–water partition coefficient (Wildman–Crippen LogP) is 5.34. The molecule has 2 aliphatic rings. The third-order valence-corrected chi connectivity index (χ3v) is 7.23. The van der Waals surface area contributed by atoms with Gasteiger partial charge in [0.05, 0.1) is 17.6 Å². The van der Waals surface area contributed by atoms with E-state index in [0.29, 0.717) is 16.9 Å². The fraction of sp³-hybridized carbons (Fsp3) is 0.611. The highest BCUT2D eigenvalue weighted by molar-refractivity contribution is 14.1. The maximum Gasteiger partial charge on any atom is 0.0979 e. The molecule has 114 valence electrons. The van der Waals surface area contributed by atoms with Crippen LogP contribution in [-0.2, 0) is 0 Å². The number of para-hydroxylation sites is 1. The van der Waals surface area contributed by atoms with Gasteiger partial charge in [0, 0.05) is 3.57 Å². The minimum Gasteiger partial charge on any atom is -0.343 e. The summed E-state index contributed by atoms with van der Waals surface area (Å²) < 4.78 is 1.24. The van der Waals surface area contributed by atoms with Crippen LogP contribution in [0.3, 0.4) is 0 Å². The van der Waals surface area contributed by atoms with E-state index in [1.165, 1.54) is 22.8 Å². The highest BCUT2D eigenvalue weighted by Crippen LogP contribution is 2.66. The number of nitrogens with zero attached hydrogens (tertiary/aromatic N) is 1. The molecular weight excluding hydrogens is 371 g/mol. The molecule has 0 aromatic heterocycles. The molecule has 0 aliphatic heterocycles. The number of anilines is 1. The van der Waals surface area contributed by atoms with Gasteiger partial charge in [0.2, 0.25) is 0 Å². The van der Waals surface area contributed by atoms with Crippen LogP contribution >= 0.6 is 22.6 Å². The molecule has 2 saturated carbocycles. The molecule has 0 radical (unpaired) electrons. The van der Waals surface area contributed by atoms with E-state index in [1.54, 1.807) is 0 Å². The van der Waals surface area contributed by atoms with E-state index in [2.05, 4.69) is 79.9 Å². The molecule has 2 aliphatic carbocycles. The van der Waals surface area contributed by atoms with E-state index in [9.17, 15) is 0 Å². The molecule has 3 heteroatoms. The fourth-order valence-corrected chi connectivity index (χ4v) is 4.90. The van der Waals surface area contributed by atoms with Crippen molar-refractivity contribution in [3.8, 4) is 0 Å². The second kappa shape index (κ2) is 5.25. The number of amidine groups is 1. The monoisotopic (exact) mass is 396 g/mol. The highest BCUT2D eigenvalue weighted by atomic mass is 127. The van der Waals surface area contributed by atoms with Crippen LogP contribution in [-0.4, -0.2) is 11.9 Å². The van der Waals surface area contributed by atoms with E-state index >= 15 is 0 Å². The molecule has 1 aromatic rings. The molecule has 2 bridgehead atoms. The van der Waals surface area contributed by atoms with Gasteiger partial charge in [-0.1, -0.05) is 32.9 Å². The van der Waals surface area contributed by atoms with Crippen LogP contribution in [0.15, 0.2) is 29.3 Å². The van der Waals surface area contributed by atoms with Crippen molar-refractivity contribution in [2.45, 2.75) is 53.0 Å². The van der Waals surface area contributed by atoms with Gasteiger partial charge >= 0.3 is 0 Å². The molecular formula is C18H25IN2. The Morgan fingerprint density at radius 3 is 2.57 bits per heavy atom. The van der Waals surface area contributed by atoms with Crippen LogP contribution in [0.1, 0.15) is 47.0 Å². The van der Waals surface area contributed by atoms with Gasteiger partial charge in [-0.3, -0.25) is 4.99 Å². The molecule has 0 heterocycles. The molecule has 3 atom stereocenters. The first-order valence-electron chi connectivity index (χ1n) is 7.90. The molecule has 3 unspecified atom stereocenters. The molecule has 21 heavy (non-hydrogen) atoms. The molecule has 1 aromatic carbocycles. The number of halogens is 1. The summed E-state index contributed by atoms with van der Waals surface area (Å²) in [6.07, 6.45) is 3.97. The third kappa shape index (κ3) is 2.41. The van der Waals surface area contributed by atoms with Gasteiger partial charge in [-0.2, -0.15) is 0 Å². The van der Waals surface area contributed by atoms with Gasteiger partial charge in [-0.25, -0.2) is 0 Å². The summed E-state index contributed by atoms with van der Waals surface area (Å²) in [5, 5.41) is 3.48. The van der Waals surface area contributed by atoms with Gasteiger partial charge < -0.3 is 5.32 Å². The SMILES string of the molecule is CC(=NC1CC2CCC1(C)C2(C)C)Nc1ccccc1I. The standard InChI is InChI=1S/C18H25IN2/c1-12(20-15-8-6-5-7-14(15)19)21-16-11-13-9-10-18(16,4)17(13,2)3/h5-8,13,16H,9-11H2,1-4H3,(H,20,21). The van der Waals surface area contributed by atoms with E-state index in [1.807, 2.05) is 0 Å². The molecule has 3 rings (SSSR count). The Hall–Kier alpha value is -0.580. The Morgan fingerprint density at radius 1 is 1.29 bits per heavy atom. The van der Waals surface area contributed by atoms with Crippen molar-refractivity contribution >= 4 is 34.1 Å². The predicted molar refractivity (Wildman–Crippen MR) is 98.9 cm³/mol. The lowest BCUT2D eigenvalue weighted by Gasteiger charge is -2.37. The summed E-state index contributed by atoms with van der Waals surface area (Å²) >= 11 is 2.37. The smallest absolute Gasteiger partial charge is 0.0979 e. The third-order valence-electron chi connectivity index (χ3n) is 6.29. The maximum absolute atomic E-state index is 5.06. The Balaban J connectivity index is 1.79. The summed E-state index contributed by atoms with van der Waals surface area (Å²) in [5.74, 6) is 1.90. The lowest BCUT2D eigenvalue weighted by molar-refractivity contribution is 0.137. The molecule has 0 amide bonds. The van der Waals surface area contributed by atoms with E-state index < -0.39 is 0 Å². The summed E-state index contributed by atoms with van der Waals surface area (Å²) in [5.41, 5.74) is 1.96. The number of rotatable bonds is 2. The van der Waals surface area contributed by atoms with Gasteiger partial charge in [0.15, 0.2) is 0 Å². The molecule has 0 spiro atoms. The van der Waals surface area contributed by atoms with Gasteiger partial charge in [-0.05, 0) is 77.7 Å². The lowest BCUT2D eigenvalue weighted by atomic mass is 9.69. The topological polar surface area (TPSA) is 24.4 Å². The first-order valence-corrected chi connectivity index (χ1v) is 8.98. The number of hydrogen-bond donors (Lipinski definition) is 1. The zero-order valence-electron chi connectivity index (χ0n) is 13.4. The number of hydrogen-bond acceptors (Lipinski definition) is 1. The number of fused-ring (bicyclic) bond motifs is 2. The second-order valence-electron chi connectivity index (χ2n) is 7.45.